The Kier molecular flexibility index (Phi) is 5.22. The summed E-state index contributed by atoms with van der Waals surface area (Å²) in [5, 5.41) is 15.0. The maximum atomic E-state index is 13.4. The molecule has 2 atom stereocenters. The van der Waals surface area contributed by atoms with Gasteiger partial charge in [-0.1, -0.05) is 18.2 Å². The topological polar surface area (TPSA) is 67.8 Å². The predicted molar refractivity (Wildman–Crippen MR) is 96.4 cm³/mol. The molecule has 0 amide bonds. The highest BCUT2D eigenvalue weighted by atomic mass is 16.6. The number of hydrogen-bond acceptors (Lipinski definition) is 5. The maximum Gasteiger partial charge on any atom is 0.343 e. The molecule has 1 heterocycles. The van der Waals surface area contributed by atoms with Crippen LogP contribution in [0.5, 0.6) is 5.75 Å². The second kappa shape index (κ2) is 7.39. The van der Waals surface area contributed by atoms with E-state index < -0.39 is 10.6 Å². The summed E-state index contributed by atoms with van der Waals surface area (Å²) in [6, 6.07) is 11.2. The number of benzene rings is 2. The number of ether oxygens (including phenoxy) is 3. The van der Waals surface area contributed by atoms with Gasteiger partial charge >= 0.3 is 5.97 Å². The van der Waals surface area contributed by atoms with E-state index in [1.165, 1.54) is 7.11 Å². The van der Waals surface area contributed by atoms with Crippen molar-refractivity contribution >= 4 is 22.4 Å². The molecule has 1 aliphatic rings. The number of carbonyl (C=O) groups is 1. The fourth-order valence-corrected chi connectivity index (χ4v) is 3.39. The van der Waals surface area contributed by atoms with Crippen LogP contribution in [0.1, 0.15) is 13.3 Å². The molecule has 0 aliphatic carbocycles. The summed E-state index contributed by atoms with van der Waals surface area (Å²) >= 11 is 0. The maximum absolute atomic E-state index is 13.4. The van der Waals surface area contributed by atoms with Crippen LogP contribution in [0.4, 0.5) is 5.69 Å². The van der Waals surface area contributed by atoms with Gasteiger partial charge in [-0.2, -0.15) is 0 Å². The Morgan fingerprint density at radius 1 is 1.24 bits per heavy atom. The van der Waals surface area contributed by atoms with Crippen LogP contribution in [0, 0.1) is 5.21 Å². The van der Waals surface area contributed by atoms with E-state index in [0.29, 0.717) is 31.1 Å². The SMILES string of the molecule is CCOC1CC[N+]([O-])(c2ccc(OCC(=O)OC)c3ccccc23)C1. The number of hydroxylamine groups is 2. The highest BCUT2D eigenvalue weighted by molar-refractivity contribution is 5.97. The fourth-order valence-electron chi connectivity index (χ4n) is 3.39. The number of nitrogens with zero attached hydrogens (tertiary/aromatic N) is 1. The normalized spacial score (nSPS) is 22.9. The summed E-state index contributed by atoms with van der Waals surface area (Å²) in [4.78, 5) is 11.3. The first-order valence-electron chi connectivity index (χ1n) is 8.49. The quantitative estimate of drug-likeness (QED) is 0.457. The van der Waals surface area contributed by atoms with E-state index in [4.69, 9.17) is 9.47 Å². The van der Waals surface area contributed by atoms with Crippen molar-refractivity contribution in [2.75, 3.05) is 33.4 Å². The monoisotopic (exact) mass is 345 g/mol. The zero-order valence-corrected chi connectivity index (χ0v) is 14.6. The first-order chi connectivity index (χ1) is 12.1. The number of methoxy groups -OCH3 is 1. The van der Waals surface area contributed by atoms with Crippen molar-refractivity contribution < 1.29 is 19.0 Å². The molecule has 0 spiro atoms. The minimum Gasteiger partial charge on any atom is -0.627 e. The van der Waals surface area contributed by atoms with Crippen LogP contribution in [0.2, 0.25) is 0 Å². The molecule has 6 nitrogen and oxygen atoms in total. The van der Waals surface area contributed by atoms with Crippen LogP contribution in [0.3, 0.4) is 0 Å². The van der Waals surface area contributed by atoms with Crippen LogP contribution in [-0.2, 0) is 14.3 Å². The Balaban J connectivity index is 1.94. The molecule has 1 fully saturated rings. The molecule has 1 aliphatic heterocycles. The zero-order chi connectivity index (χ0) is 17.9. The largest absolute Gasteiger partial charge is 0.627 e. The number of hydrogen-bond donors (Lipinski definition) is 0. The molecule has 1 saturated heterocycles. The van der Waals surface area contributed by atoms with Crippen LogP contribution in [-0.4, -0.2) is 45.5 Å². The van der Waals surface area contributed by atoms with E-state index in [1.54, 1.807) is 12.1 Å². The minimum absolute atomic E-state index is 0.00323. The van der Waals surface area contributed by atoms with Gasteiger partial charge in [0, 0.05) is 29.9 Å². The van der Waals surface area contributed by atoms with E-state index >= 15 is 0 Å². The van der Waals surface area contributed by atoms with Crippen LogP contribution in [0.25, 0.3) is 10.8 Å². The van der Waals surface area contributed by atoms with Gasteiger partial charge in [0.05, 0.1) is 13.7 Å². The average Bonchev–Trinajstić information content (AvgIpc) is 3.01. The number of rotatable bonds is 6. The Labute approximate surface area is 147 Å². The highest BCUT2D eigenvalue weighted by Crippen LogP contribution is 2.39. The molecule has 6 heteroatoms. The average molecular weight is 345 g/mol. The second-order valence-electron chi connectivity index (χ2n) is 6.15. The van der Waals surface area contributed by atoms with Gasteiger partial charge < -0.3 is 24.1 Å². The van der Waals surface area contributed by atoms with Gasteiger partial charge in [0.1, 0.15) is 24.1 Å². The van der Waals surface area contributed by atoms with Crippen molar-refractivity contribution in [1.82, 2.24) is 4.65 Å². The number of esters is 1. The van der Waals surface area contributed by atoms with Crippen molar-refractivity contribution in [2.24, 2.45) is 0 Å². The molecule has 2 unspecified atom stereocenters. The summed E-state index contributed by atoms with van der Waals surface area (Å²) in [6.45, 7) is 3.31. The molecule has 2 aromatic carbocycles. The van der Waals surface area contributed by atoms with Gasteiger partial charge in [-0.05, 0) is 19.1 Å². The van der Waals surface area contributed by atoms with Crippen molar-refractivity contribution in [1.29, 1.82) is 0 Å². The lowest BCUT2D eigenvalue weighted by atomic mass is 10.1. The number of fused-ring (bicyclic) bond motifs is 1. The molecule has 0 bridgehead atoms. The molecule has 0 aromatic heterocycles. The predicted octanol–water partition coefficient (Wildman–Crippen LogP) is 3.01. The molecule has 134 valence electrons. The molecular formula is C19H23NO5. The lowest BCUT2D eigenvalue weighted by molar-refractivity contribution is -0.142. The minimum atomic E-state index is -0.445. The van der Waals surface area contributed by atoms with Crippen molar-refractivity contribution in [3.63, 3.8) is 0 Å². The van der Waals surface area contributed by atoms with Gasteiger partial charge in [0.2, 0.25) is 0 Å². The molecule has 0 saturated carbocycles. The number of carbonyl (C=O) groups excluding carboxylic acids is 1. The van der Waals surface area contributed by atoms with E-state index in [9.17, 15) is 10.0 Å². The van der Waals surface area contributed by atoms with Crippen molar-refractivity contribution in [2.45, 2.75) is 19.4 Å². The first kappa shape index (κ1) is 17.7. The third kappa shape index (κ3) is 3.61. The first-order valence-corrected chi connectivity index (χ1v) is 8.49. The third-order valence-electron chi connectivity index (χ3n) is 4.59. The molecular weight excluding hydrogens is 322 g/mol. The Morgan fingerprint density at radius 2 is 2.00 bits per heavy atom. The van der Waals surface area contributed by atoms with E-state index in [-0.39, 0.29) is 12.7 Å². The van der Waals surface area contributed by atoms with Gasteiger partial charge in [-0.3, -0.25) is 0 Å². The molecule has 0 radical (unpaired) electrons. The second-order valence-corrected chi connectivity index (χ2v) is 6.15. The van der Waals surface area contributed by atoms with Crippen molar-refractivity contribution in [3.8, 4) is 5.75 Å². The smallest absolute Gasteiger partial charge is 0.343 e. The van der Waals surface area contributed by atoms with Gasteiger partial charge in [-0.15, -0.1) is 0 Å². The highest BCUT2D eigenvalue weighted by Gasteiger charge is 2.35. The lowest BCUT2D eigenvalue weighted by Crippen LogP contribution is -2.41. The summed E-state index contributed by atoms with van der Waals surface area (Å²) in [5.74, 6) is 0.122. The van der Waals surface area contributed by atoms with Gasteiger partial charge in [0.15, 0.2) is 6.61 Å². The molecule has 0 N–H and O–H groups in total. The Bertz CT molecular complexity index is 763. The van der Waals surface area contributed by atoms with Crippen LogP contribution < -0.4 is 9.38 Å². The summed E-state index contributed by atoms with van der Waals surface area (Å²) in [5.41, 5.74) is 0.711. The van der Waals surface area contributed by atoms with E-state index in [2.05, 4.69) is 4.74 Å². The van der Waals surface area contributed by atoms with Gasteiger partial charge in [0.25, 0.3) is 0 Å². The Hall–Kier alpha value is -2.15. The van der Waals surface area contributed by atoms with Gasteiger partial charge in [-0.25, -0.2) is 4.79 Å². The van der Waals surface area contributed by atoms with E-state index in [0.717, 1.165) is 17.2 Å². The fraction of sp³-hybridized carbons (Fsp3) is 0.421. The zero-order valence-electron chi connectivity index (χ0n) is 14.6. The molecule has 3 rings (SSSR count). The standard InChI is InChI=1S/C19H23NO5/c1-3-24-14-10-11-20(22,12-14)17-8-9-18(25-13-19(21)23-2)16-7-5-4-6-15(16)17/h4-9,14H,3,10-13H2,1-2H3. The molecule has 25 heavy (non-hydrogen) atoms. The summed E-state index contributed by atoms with van der Waals surface area (Å²) < 4.78 is 15.4. The summed E-state index contributed by atoms with van der Waals surface area (Å²) in [7, 11) is 1.32. The molecule has 2 aromatic rings. The van der Waals surface area contributed by atoms with E-state index in [1.807, 2.05) is 31.2 Å². The van der Waals surface area contributed by atoms with Crippen molar-refractivity contribution in [3.05, 3.63) is 41.6 Å². The van der Waals surface area contributed by atoms with Crippen LogP contribution >= 0.6 is 0 Å². The lowest BCUT2D eigenvalue weighted by Gasteiger charge is -2.39. The summed E-state index contributed by atoms with van der Waals surface area (Å²) in [6.07, 6.45) is 0.753. The Morgan fingerprint density at radius 3 is 2.72 bits per heavy atom. The van der Waals surface area contributed by atoms with Crippen LogP contribution in [0.15, 0.2) is 36.4 Å². The number of quaternary nitrogens is 1. The third-order valence-corrected chi connectivity index (χ3v) is 4.59.